The molecule has 1 aromatic carbocycles. The average molecular weight is 276 g/mol. The van der Waals surface area contributed by atoms with Crippen LogP contribution in [-0.4, -0.2) is 35.5 Å². The first-order valence-electron chi connectivity index (χ1n) is 7.35. The van der Waals surface area contributed by atoms with Gasteiger partial charge in [-0.15, -0.1) is 0 Å². The van der Waals surface area contributed by atoms with Gasteiger partial charge in [0, 0.05) is 18.3 Å². The monoisotopic (exact) mass is 276 g/mol. The van der Waals surface area contributed by atoms with E-state index in [1.54, 1.807) is 6.07 Å². The lowest BCUT2D eigenvalue weighted by Crippen LogP contribution is -2.49. The van der Waals surface area contributed by atoms with Crippen molar-refractivity contribution < 1.29 is 19.5 Å². The Balaban J connectivity index is 1.74. The molecule has 1 unspecified atom stereocenters. The summed E-state index contributed by atoms with van der Waals surface area (Å²) in [5.41, 5.74) is 1.47. The second kappa shape index (κ2) is 5.39. The molecule has 20 heavy (non-hydrogen) atoms. The second-order valence-electron chi connectivity index (χ2n) is 6.03. The Kier molecular flexibility index (Phi) is 3.75. The maximum absolute atomic E-state index is 9.47. The molecular formula is C15H21BO4. The number of rotatable bonds is 3. The Morgan fingerprint density at radius 3 is 2.80 bits per heavy atom. The van der Waals surface area contributed by atoms with Gasteiger partial charge in [-0.25, -0.2) is 0 Å². The van der Waals surface area contributed by atoms with Crippen LogP contribution in [0.5, 0.6) is 5.75 Å². The number of hydrogen-bond acceptors (Lipinski definition) is 4. The molecule has 1 atom stereocenters. The largest absolute Gasteiger partial charge is 0.492 e. The highest BCUT2D eigenvalue weighted by Crippen LogP contribution is 2.43. The van der Waals surface area contributed by atoms with Gasteiger partial charge in [-0.2, -0.15) is 0 Å². The van der Waals surface area contributed by atoms with Crippen molar-refractivity contribution in [2.75, 3.05) is 6.61 Å². The molecule has 0 bridgehead atoms. The minimum Gasteiger partial charge on any atom is -0.491 e. The zero-order valence-electron chi connectivity index (χ0n) is 11.8. The smallest absolute Gasteiger partial charge is 0.491 e. The number of aryl methyl sites for hydroxylation is 1. The lowest BCUT2D eigenvalue weighted by Gasteiger charge is -2.47. The van der Waals surface area contributed by atoms with Gasteiger partial charge in [0.05, 0.1) is 12.2 Å². The van der Waals surface area contributed by atoms with Gasteiger partial charge < -0.3 is 19.5 Å². The van der Waals surface area contributed by atoms with Crippen LogP contribution in [-0.2, 0) is 4.74 Å². The summed E-state index contributed by atoms with van der Waals surface area (Å²) in [6.45, 7) is 2.65. The average Bonchev–Trinajstić information content (AvgIpc) is 2.39. The third kappa shape index (κ3) is 2.71. The molecule has 4 nitrogen and oxygen atoms in total. The van der Waals surface area contributed by atoms with Crippen LogP contribution in [0.1, 0.15) is 37.7 Å². The summed E-state index contributed by atoms with van der Waals surface area (Å²) in [4.78, 5) is 0. The third-order valence-corrected chi connectivity index (χ3v) is 4.45. The van der Waals surface area contributed by atoms with Crippen LogP contribution in [0.25, 0.3) is 0 Å². The van der Waals surface area contributed by atoms with Crippen molar-refractivity contribution in [3.63, 3.8) is 0 Å². The predicted octanol–water partition coefficient (Wildman–Crippen LogP) is 1.16. The van der Waals surface area contributed by atoms with Crippen molar-refractivity contribution in [2.24, 2.45) is 0 Å². The van der Waals surface area contributed by atoms with Crippen molar-refractivity contribution in [3.05, 3.63) is 23.8 Å². The summed E-state index contributed by atoms with van der Waals surface area (Å²) < 4.78 is 11.9. The zero-order chi connectivity index (χ0) is 14.2. The van der Waals surface area contributed by atoms with Gasteiger partial charge in [0.2, 0.25) is 0 Å². The molecule has 0 aromatic heterocycles. The fraction of sp³-hybridized carbons (Fsp3) is 0.600. The summed E-state index contributed by atoms with van der Waals surface area (Å²) in [6, 6.07) is 5.52. The molecule has 1 aliphatic carbocycles. The molecule has 1 saturated carbocycles. The highest BCUT2D eigenvalue weighted by Gasteiger charge is 2.43. The Morgan fingerprint density at radius 2 is 2.15 bits per heavy atom. The summed E-state index contributed by atoms with van der Waals surface area (Å²) >= 11 is 0. The van der Waals surface area contributed by atoms with E-state index in [9.17, 15) is 10.0 Å². The van der Waals surface area contributed by atoms with Crippen molar-refractivity contribution >= 4 is 12.6 Å². The molecule has 0 radical (unpaired) electrons. The van der Waals surface area contributed by atoms with E-state index in [0.29, 0.717) is 11.2 Å². The van der Waals surface area contributed by atoms with Gasteiger partial charge in [0.1, 0.15) is 11.9 Å². The van der Waals surface area contributed by atoms with Gasteiger partial charge in [-0.05, 0) is 32.3 Å². The molecule has 0 amide bonds. The molecule has 5 heteroatoms. The van der Waals surface area contributed by atoms with Crippen LogP contribution < -0.4 is 10.2 Å². The van der Waals surface area contributed by atoms with E-state index in [-0.39, 0.29) is 11.7 Å². The molecule has 1 aromatic rings. The van der Waals surface area contributed by atoms with Crippen molar-refractivity contribution in [2.45, 2.75) is 50.7 Å². The van der Waals surface area contributed by atoms with Gasteiger partial charge in [0.15, 0.2) is 0 Å². The van der Waals surface area contributed by atoms with Crippen LogP contribution >= 0.6 is 0 Å². The normalized spacial score (nSPS) is 24.2. The van der Waals surface area contributed by atoms with E-state index in [0.717, 1.165) is 37.9 Å². The summed E-state index contributed by atoms with van der Waals surface area (Å²) in [6.07, 6.45) is 5.34. The minimum absolute atomic E-state index is 0.0333. The van der Waals surface area contributed by atoms with E-state index < -0.39 is 7.12 Å². The molecule has 1 heterocycles. The van der Waals surface area contributed by atoms with Crippen LogP contribution in [0.4, 0.5) is 0 Å². The second-order valence-corrected chi connectivity index (χ2v) is 6.03. The molecule has 2 aliphatic rings. The van der Waals surface area contributed by atoms with Crippen LogP contribution in [0, 0.1) is 6.92 Å². The maximum Gasteiger partial charge on any atom is 0.492 e. The first-order valence-corrected chi connectivity index (χ1v) is 7.35. The van der Waals surface area contributed by atoms with E-state index in [4.69, 9.17) is 9.47 Å². The van der Waals surface area contributed by atoms with Crippen LogP contribution in [0.15, 0.2) is 18.2 Å². The number of benzene rings is 1. The Labute approximate surface area is 119 Å². The summed E-state index contributed by atoms with van der Waals surface area (Å²) in [5, 5.41) is 18.9. The van der Waals surface area contributed by atoms with Gasteiger partial charge in [0.25, 0.3) is 0 Å². The highest BCUT2D eigenvalue weighted by atomic mass is 16.5. The minimum atomic E-state index is -1.50. The first kappa shape index (κ1) is 13.9. The standard InChI is InChI=1S/C15H21BO4/c1-11-3-4-14(13(9-11)16(17)18)20-12-5-8-19-15(10-12)6-2-7-15/h3-4,9,12,17-18H,2,5-8,10H2,1H3. The molecular weight excluding hydrogens is 255 g/mol. The maximum atomic E-state index is 9.47. The first-order chi connectivity index (χ1) is 9.58. The van der Waals surface area contributed by atoms with E-state index in [2.05, 4.69) is 0 Å². The summed E-state index contributed by atoms with van der Waals surface area (Å²) in [7, 11) is -1.50. The lowest BCUT2D eigenvalue weighted by molar-refractivity contribution is -0.153. The SMILES string of the molecule is Cc1ccc(OC2CCOC3(CCC3)C2)c(B(O)O)c1. The molecule has 1 aliphatic heterocycles. The molecule has 1 spiro atoms. The topological polar surface area (TPSA) is 58.9 Å². The molecule has 2 N–H and O–H groups in total. The van der Waals surface area contributed by atoms with Crippen LogP contribution in [0.2, 0.25) is 0 Å². The van der Waals surface area contributed by atoms with E-state index in [1.165, 1.54) is 6.42 Å². The third-order valence-electron chi connectivity index (χ3n) is 4.45. The van der Waals surface area contributed by atoms with Crippen molar-refractivity contribution in [1.82, 2.24) is 0 Å². The van der Waals surface area contributed by atoms with Crippen LogP contribution in [0.3, 0.4) is 0 Å². The fourth-order valence-electron chi connectivity index (χ4n) is 3.16. The van der Waals surface area contributed by atoms with Gasteiger partial charge in [-0.3, -0.25) is 0 Å². The number of hydrogen-bond donors (Lipinski definition) is 2. The highest BCUT2D eigenvalue weighted by molar-refractivity contribution is 6.59. The van der Waals surface area contributed by atoms with E-state index >= 15 is 0 Å². The summed E-state index contributed by atoms with van der Waals surface area (Å²) in [5.74, 6) is 0.576. The molecule has 3 rings (SSSR count). The Hall–Kier alpha value is -1.04. The number of ether oxygens (including phenoxy) is 2. The quantitative estimate of drug-likeness (QED) is 0.813. The zero-order valence-corrected chi connectivity index (χ0v) is 11.8. The predicted molar refractivity (Wildman–Crippen MR) is 77.2 cm³/mol. The molecule has 1 saturated heterocycles. The Bertz CT molecular complexity index is 485. The molecule has 2 fully saturated rings. The fourth-order valence-corrected chi connectivity index (χ4v) is 3.16. The lowest BCUT2D eigenvalue weighted by atomic mass is 9.74. The molecule has 108 valence electrons. The van der Waals surface area contributed by atoms with Crippen molar-refractivity contribution in [3.8, 4) is 5.75 Å². The van der Waals surface area contributed by atoms with Crippen molar-refractivity contribution in [1.29, 1.82) is 0 Å². The Morgan fingerprint density at radius 1 is 1.35 bits per heavy atom. The van der Waals surface area contributed by atoms with Gasteiger partial charge >= 0.3 is 7.12 Å². The van der Waals surface area contributed by atoms with E-state index in [1.807, 2.05) is 19.1 Å². The van der Waals surface area contributed by atoms with Gasteiger partial charge in [-0.1, -0.05) is 17.7 Å².